The lowest BCUT2D eigenvalue weighted by molar-refractivity contribution is 0.175. The summed E-state index contributed by atoms with van der Waals surface area (Å²) in [6.07, 6.45) is 23.2. The van der Waals surface area contributed by atoms with Gasteiger partial charge in [0.05, 0.1) is 13.2 Å². The van der Waals surface area contributed by atoms with Crippen molar-refractivity contribution in [3.05, 3.63) is 23.8 Å². The second-order valence-corrected chi connectivity index (χ2v) is 11.5. The van der Waals surface area contributed by atoms with Gasteiger partial charge in [-0.2, -0.15) is 0 Å². The van der Waals surface area contributed by atoms with E-state index < -0.39 is 0 Å². The molecule has 0 bridgehead atoms. The standard InChI is InChI=1S/C32H54O2/c1-4-7-9-10-12-27-13-15-28(16-14-27)25-34-32-22-21-30(33-23-6-3)24-31(32)29-19-17-26(18-20-29)11-8-5-2/h21-22,24,26-29H,4-20,23,25H2,1-3H3. The lowest BCUT2D eigenvalue weighted by Gasteiger charge is -2.31. The number of rotatable bonds is 15. The van der Waals surface area contributed by atoms with Gasteiger partial charge in [0.25, 0.3) is 0 Å². The van der Waals surface area contributed by atoms with Crippen LogP contribution in [0.25, 0.3) is 0 Å². The minimum Gasteiger partial charge on any atom is -0.494 e. The molecule has 0 unspecified atom stereocenters. The van der Waals surface area contributed by atoms with Crippen LogP contribution < -0.4 is 9.47 Å². The Balaban J connectivity index is 1.52. The Morgan fingerprint density at radius 2 is 1.29 bits per heavy atom. The van der Waals surface area contributed by atoms with Gasteiger partial charge >= 0.3 is 0 Å². The highest BCUT2D eigenvalue weighted by Crippen LogP contribution is 2.42. The first-order valence-electron chi connectivity index (χ1n) is 15.1. The summed E-state index contributed by atoms with van der Waals surface area (Å²) >= 11 is 0. The summed E-state index contributed by atoms with van der Waals surface area (Å²) in [7, 11) is 0. The monoisotopic (exact) mass is 470 g/mol. The van der Waals surface area contributed by atoms with Crippen LogP contribution in [0.4, 0.5) is 0 Å². The van der Waals surface area contributed by atoms with E-state index in [0.717, 1.165) is 48.9 Å². The quantitative estimate of drug-likeness (QED) is 0.237. The molecule has 1 aromatic carbocycles. The van der Waals surface area contributed by atoms with E-state index in [4.69, 9.17) is 9.47 Å². The summed E-state index contributed by atoms with van der Waals surface area (Å²) in [5.74, 6) is 5.46. The van der Waals surface area contributed by atoms with Crippen LogP contribution in [-0.4, -0.2) is 13.2 Å². The van der Waals surface area contributed by atoms with Crippen molar-refractivity contribution < 1.29 is 9.47 Å². The number of benzene rings is 1. The topological polar surface area (TPSA) is 18.5 Å². The molecule has 0 radical (unpaired) electrons. The van der Waals surface area contributed by atoms with E-state index in [1.807, 2.05) is 0 Å². The summed E-state index contributed by atoms with van der Waals surface area (Å²) in [5.41, 5.74) is 1.42. The smallest absolute Gasteiger partial charge is 0.123 e. The third-order valence-electron chi connectivity index (χ3n) is 8.61. The molecule has 0 atom stereocenters. The number of hydrogen-bond acceptors (Lipinski definition) is 2. The van der Waals surface area contributed by atoms with Gasteiger partial charge < -0.3 is 9.47 Å². The molecular weight excluding hydrogens is 416 g/mol. The van der Waals surface area contributed by atoms with Gasteiger partial charge in [-0.3, -0.25) is 0 Å². The number of ether oxygens (including phenoxy) is 2. The van der Waals surface area contributed by atoms with Gasteiger partial charge in [0.1, 0.15) is 11.5 Å². The average Bonchev–Trinajstić information content (AvgIpc) is 2.89. The summed E-state index contributed by atoms with van der Waals surface area (Å²) in [4.78, 5) is 0. The van der Waals surface area contributed by atoms with Gasteiger partial charge in [0.15, 0.2) is 0 Å². The van der Waals surface area contributed by atoms with Gasteiger partial charge in [0.2, 0.25) is 0 Å². The average molecular weight is 471 g/mol. The molecule has 0 spiro atoms. The van der Waals surface area contributed by atoms with Crippen molar-refractivity contribution in [3.8, 4) is 11.5 Å². The summed E-state index contributed by atoms with van der Waals surface area (Å²) < 4.78 is 12.6. The molecule has 0 aliphatic heterocycles. The van der Waals surface area contributed by atoms with Gasteiger partial charge in [-0.25, -0.2) is 0 Å². The summed E-state index contributed by atoms with van der Waals surface area (Å²) in [5, 5.41) is 0. The van der Waals surface area contributed by atoms with Gasteiger partial charge in [0, 0.05) is 5.56 Å². The van der Waals surface area contributed by atoms with E-state index in [1.165, 1.54) is 108 Å². The summed E-state index contributed by atoms with van der Waals surface area (Å²) in [6, 6.07) is 6.66. The molecule has 2 heteroatoms. The molecule has 2 fully saturated rings. The van der Waals surface area contributed by atoms with Crippen molar-refractivity contribution in [2.45, 2.75) is 136 Å². The molecule has 34 heavy (non-hydrogen) atoms. The van der Waals surface area contributed by atoms with Crippen molar-refractivity contribution in [1.29, 1.82) is 0 Å². The van der Waals surface area contributed by atoms with Gasteiger partial charge in [-0.05, 0) is 86.8 Å². The highest BCUT2D eigenvalue weighted by molar-refractivity contribution is 5.43. The van der Waals surface area contributed by atoms with Crippen LogP contribution >= 0.6 is 0 Å². The maximum Gasteiger partial charge on any atom is 0.123 e. The van der Waals surface area contributed by atoms with Crippen LogP contribution in [0.1, 0.15) is 141 Å². The van der Waals surface area contributed by atoms with Crippen LogP contribution in [-0.2, 0) is 0 Å². The molecule has 0 N–H and O–H groups in total. The van der Waals surface area contributed by atoms with E-state index in [1.54, 1.807) is 0 Å². The highest BCUT2D eigenvalue weighted by Gasteiger charge is 2.26. The van der Waals surface area contributed by atoms with Crippen LogP contribution in [0.15, 0.2) is 18.2 Å². The van der Waals surface area contributed by atoms with E-state index in [0.29, 0.717) is 5.92 Å². The summed E-state index contributed by atoms with van der Waals surface area (Å²) in [6.45, 7) is 8.50. The fraction of sp³-hybridized carbons (Fsp3) is 0.812. The molecular formula is C32H54O2. The Morgan fingerprint density at radius 1 is 0.647 bits per heavy atom. The second kappa shape index (κ2) is 15.7. The maximum absolute atomic E-state index is 6.57. The van der Waals surface area contributed by atoms with Crippen molar-refractivity contribution in [2.75, 3.05) is 13.2 Å². The van der Waals surface area contributed by atoms with Crippen LogP contribution in [0.2, 0.25) is 0 Å². The first-order valence-corrected chi connectivity index (χ1v) is 15.1. The molecule has 0 saturated heterocycles. The van der Waals surface area contributed by atoms with E-state index in [-0.39, 0.29) is 0 Å². The highest BCUT2D eigenvalue weighted by atomic mass is 16.5. The number of unbranched alkanes of at least 4 members (excludes halogenated alkanes) is 4. The Bertz CT molecular complexity index is 653. The zero-order valence-electron chi connectivity index (χ0n) is 22.8. The van der Waals surface area contributed by atoms with Crippen molar-refractivity contribution >= 4 is 0 Å². The molecule has 2 aliphatic carbocycles. The predicted octanol–water partition coefficient (Wildman–Crippen LogP) is 10.1. The lowest BCUT2D eigenvalue weighted by atomic mass is 9.77. The molecule has 0 amide bonds. The van der Waals surface area contributed by atoms with E-state index in [2.05, 4.69) is 39.0 Å². The second-order valence-electron chi connectivity index (χ2n) is 11.5. The maximum atomic E-state index is 6.57. The molecule has 0 aromatic heterocycles. The molecule has 2 saturated carbocycles. The first-order chi connectivity index (χ1) is 16.7. The van der Waals surface area contributed by atoms with Crippen LogP contribution in [0.3, 0.4) is 0 Å². The van der Waals surface area contributed by atoms with E-state index in [9.17, 15) is 0 Å². The molecule has 2 aliphatic rings. The van der Waals surface area contributed by atoms with Crippen LogP contribution in [0.5, 0.6) is 11.5 Å². The molecule has 2 nitrogen and oxygen atoms in total. The zero-order chi connectivity index (χ0) is 24.0. The van der Waals surface area contributed by atoms with Crippen molar-refractivity contribution in [1.82, 2.24) is 0 Å². The van der Waals surface area contributed by atoms with Crippen molar-refractivity contribution in [2.24, 2.45) is 17.8 Å². The normalized spacial score (nSPS) is 25.3. The Morgan fingerprint density at radius 3 is 1.97 bits per heavy atom. The Labute approximate surface area is 211 Å². The lowest BCUT2D eigenvalue weighted by Crippen LogP contribution is -2.21. The molecule has 3 rings (SSSR count). The predicted molar refractivity (Wildman–Crippen MR) is 146 cm³/mol. The molecule has 0 heterocycles. The Kier molecular flexibility index (Phi) is 12.7. The van der Waals surface area contributed by atoms with Gasteiger partial charge in [-0.15, -0.1) is 0 Å². The fourth-order valence-electron chi connectivity index (χ4n) is 6.30. The fourth-order valence-corrected chi connectivity index (χ4v) is 6.30. The molecule has 194 valence electrons. The SMILES string of the molecule is CCCCCCC1CCC(COc2ccc(OCCC)cc2C2CCC(CCCC)CC2)CC1. The third-order valence-corrected chi connectivity index (χ3v) is 8.61. The van der Waals surface area contributed by atoms with Crippen LogP contribution in [0, 0.1) is 17.8 Å². The van der Waals surface area contributed by atoms with E-state index >= 15 is 0 Å². The number of hydrogen-bond donors (Lipinski definition) is 0. The first kappa shape index (κ1) is 27.4. The zero-order valence-corrected chi connectivity index (χ0v) is 22.8. The van der Waals surface area contributed by atoms with Crippen molar-refractivity contribution in [3.63, 3.8) is 0 Å². The van der Waals surface area contributed by atoms with Gasteiger partial charge in [-0.1, -0.05) is 85.0 Å². The Hall–Kier alpha value is -1.18. The largest absolute Gasteiger partial charge is 0.494 e. The minimum absolute atomic E-state index is 0.636. The third kappa shape index (κ3) is 9.12. The molecule has 1 aromatic rings. The minimum atomic E-state index is 0.636.